The maximum absolute atomic E-state index is 11.5. The maximum Gasteiger partial charge on any atom is 0.347 e. The highest BCUT2D eigenvalue weighted by Crippen LogP contribution is 2.20. The number of esters is 2. The van der Waals surface area contributed by atoms with Gasteiger partial charge >= 0.3 is 11.9 Å². The summed E-state index contributed by atoms with van der Waals surface area (Å²) in [4.78, 5) is 22.5. The molecular formula is C12H19O4. The molecule has 4 heteroatoms. The van der Waals surface area contributed by atoms with Gasteiger partial charge in [-0.2, -0.15) is 0 Å². The summed E-state index contributed by atoms with van der Waals surface area (Å²) in [5.74, 6) is -0.935. The minimum Gasteiger partial charge on any atom is -0.460 e. The molecule has 4 nitrogen and oxygen atoms in total. The van der Waals surface area contributed by atoms with Crippen LogP contribution in [0.1, 0.15) is 46.0 Å². The van der Waals surface area contributed by atoms with E-state index in [1.807, 2.05) is 0 Å². The molecule has 1 fully saturated rings. The summed E-state index contributed by atoms with van der Waals surface area (Å²) in [6.45, 7) is 3.11. The number of rotatable bonds is 4. The van der Waals surface area contributed by atoms with E-state index in [-0.39, 0.29) is 6.10 Å². The van der Waals surface area contributed by atoms with Gasteiger partial charge in [-0.15, -0.1) is 0 Å². The fraction of sp³-hybridized carbons (Fsp3) is 0.750. The van der Waals surface area contributed by atoms with Crippen molar-refractivity contribution in [1.29, 1.82) is 0 Å². The molecule has 0 amide bonds. The molecule has 1 rings (SSSR count). The van der Waals surface area contributed by atoms with Gasteiger partial charge in [-0.3, -0.25) is 4.79 Å². The van der Waals surface area contributed by atoms with Crippen LogP contribution in [-0.2, 0) is 19.1 Å². The highest BCUT2D eigenvalue weighted by atomic mass is 16.6. The Morgan fingerprint density at radius 1 is 1.25 bits per heavy atom. The average molecular weight is 227 g/mol. The molecule has 0 spiro atoms. The Bertz CT molecular complexity index is 243. The number of ether oxygens (including phenoxy) is 2. The third-order valence-corrected chi connectivity index (χ3v) is 2.70. The van der Waals surface area contributed by atoms with Crippen LogP contribution in [0.2, 0.25) is 0 Å². The lowest BCUT2D eigenvalue weighted by molar-refractivity contribution is -0.169. The van der Waals surface area contributed by atoms with Crippen LogP contribution in [0.5, 0.6) is 0 Å². The zero-order valence-electron chi connectivity index (χ0n) is 9.90. The standard InChI is InChI=1S/C12H19O4/c1-3-11(13)15-9(2)12(14)16-10-7-5-4-6-8-10/h3,9-10H,4-8H2,1-2H3. The van der Waals surface area contributed by atoms with Gasteiger partial charge in [-0.05, 0) is 32.6 Å². The summed E-state index contributed by atoms with van der Waals surface area (Å²) in [5.41, 5.74) is 0. The van der Waals surface area contributed by atoms with Crippen molar-refractivity contribution in [2.24, 2.45) is 0 Å². The van der Waals surface area contributed by atoms with Gasteiger partial charge in [0.25, 0.3) is 0 Å². The van der Waals surface area contributed by atoms with Crippen LogP contribution >= 0.6 is 0 Å². The lowest BCUT2D eigenvalue weighted by Crippen LogP contribution is -2.30. The Labute approximate surface area is 96.3 Å². The van der Waals surface area contributed by atoms with Gasteiger partial charge in [0.1, 0.15) is 6.10 Å². The molecule has 0 aromatic carbocycles. The van der Waals surface area contributed by atoms with E-state index in [1.165, 1.54) is 19.8 Å². The van der Waals surface area contributed by atoms with Crippen LogP contribution < -0.4 is 0 Å². The van der Waals surface area contributed by atoms with Crippen LogP contribution in [0.25, 0.3) is 0 Å². The Morgan fingerprint density at radius 2 is 1.88 bits per heavy atom. The fourth-order valence-electron chi connectivity index (χ4n) is 1.73. The van der Waals surface area contributed by atoms with Gasteiger partial charge in [-0.25, -0.2) is 4.79 Å². The van der Waals surface area contributed by atoms with E-state index in [2.05, 4.69) is 0 Å². The predicted molar refractivity (Wildman–Crippen MR) is 58.5 cm³/mol. The SMILES string of the molecule is C[CH]C(=O)OC(C)C(=O)OC1CCCCC1. The van der Waals surface area contributed by atoms with Crippen molar-refractivity contribution in [3.05, 3.63) is 6.42 Å². The number of hydrogen-bond donors (Lipinski definition) is 0. The van der Waals surface area contributed by atoms with E-state index in [0.717, 1.165) is 25.7 Å². The average Bonchev–Trinajstić information content (AvgIpc) is 2.30. The molecule has 1 aliphatic carbocycles. The zero-order chi connectivity index (χ0) is 12.0. The van der Waals surface area contributed by atoms with Crippen LogP contribution in [0.15, 0.2) is 0 Å². The predicted octanol–water partition coefficient (Wildman–Crippen LogP) is 2.02. The van der Waals surface area contributed by atoms with Crippen molar-refractivity contribution < 1.29 is 19.1 Å². The quantitative estimate of drug-likeness (QED) is 0.689. The second kappa shape index (κ2) is 6.51. The maximum atomic E-state index is 11.5. The Morgan fingerprint density at radius 3 is 2.44 bits per heavy atom. The van der Waals surface area contributed by atoms with E-state index < -0.39 is 18.0 Å². The van der Waals surface area contributed by atoms with Crippen molar-refractivity contribution in [1.82, 2.24) is 0 Å². The van der Waals surface area contributed by atoms with Crippen LogP contribution in [0.3, 0.4) is 0 Å². The van der Waals surface area contributed by atoms with Gasteiger partial charge in [0.2, 0.25) is 0 Å². The lowest BCUT2D eigenvalue weighted by atomic mass is 9.98. The summed E-state index contributed by atoms with van der Waals surface area (Å²) in [6.07, 6.45) is 5.74. The van der Waals surface area contributed by atoms with Crippen LogP contribution in [-0.4, -0.2) is 24.1 Å². The topological polar surface area (TPSA) is 52.6 Å². The fourth-order valence-corrected chi connectivity index (χ4v) is 1.73. The van der Waals surface area contributed by atoms with Crippen molar-refractivity contribution in [3.63, 3.8) is 0 Å². The molecule has 0 heterocycles. The van der Waals surface area contributed by atoms with E-state index in [9.17, 15) is 9.59 Å². The largest absolute Gasteiger partial charge is 0.460 e. The molecule has 1 aliphatic rings. The molecule has 16 heavy (non-hydrogen) atoms. The summed E-state index contributed by atoms with van der Waals surface area (Å²) in [6, 6.07) is 0. The molecule has 0 aromatic heterocycles. The highest BCUT2D eigenvalue weighted by Gasteiger charge is 2.23. The van der Waals surface area contributed by atoms with Gasteiger partial charge in [0.15, 0.2) is 6.10 Å². The third-order valence-electron chi connectivity index (χ3n) is 2.70. The molecule has 1 unspecified atom stereocenters. The van der Waals surface area contributed by atoms with Gasteiger partial charge < -0.3 is 9.47 Å². The summed E-state index contributed by atoms with van der Waals surface area (Å²) in [7, 11) is 0. The normalized spacial score (nSPS) is 18.9. The molecule has 0 aliphatic heterocycles. The van der Waals surface area contributed by atoms with E-state index in [1.54, 1.807) is 6.92 Å². The van der Waals surface area contributed by atoms with Crippen LogP contribution in [0, 0.1) is 6.42 Å². The smallest absolute Gasteiger partial charge is 0.347 e. The first kappa shape index (κ1) is 13.0. The van der Waals surface area contributed by atoms with E-state index >= 15 is 0 Å². The number of hydrogen-bond acceptors (Lipinski definition) is 4. The molecule has 1 atom stereocenters. The van der Waals surface area contributed by atoms with E-state index in [0.29, 0.717) is 0 Å². The first-order valence-electron chi connectivity index (χ1n) is 5.84. The Hall–Kier alpha value is -1.06. The molecule has 1 radical (unpaired) electrons. The van der Waals surface area contributed by atoms with E-state index in [4.69, 9.17) is 9.47 Å². The van der Waals surface area contributed by atoms with Crippen molar-refractivity contribution in [2.45, 2.75) is 58.2 Å². The number of carbonyl (C=O) groups excluding carboxylic acids is 2. The van der Waals surface area contributed by atoms with Crippen molar-refractivity contribution >= 4 is 11.9 Å². The molecule has 91 valence electrons. The van der Waals surface area contributed by atoms with Crippen LogP contribution in [0.4, 0.5) is 0 Å². The van der Waals surface area contributed by atoms with Gasteiger partial charge in [-0.1, -0.05) is 13.3 Å². The van der Waals surface area contributed by atoms with Crippen molar-refractivity contribution in [3.8, 4) is 0 Å². The lowest BCUT2D eigenvalue weighted by Gasteiger charge is -2.23. The molecule has 0 bridgehead atoms. The number of carbonyl (C=O) groups is 2. The summed E-state index contributed by atoms with van der Waals surface area (Å²) in [5, 5.41) is 0. The molecule has 0 saturated heterocycles. The molecular weight excluding hydrogens is 208 g/mol. The minimum atomic E-state index is -0.814. The first-order valence-corrected chi connectivity index (χ1v) is 5.84. The second-order valence-corrected chi connectivity index (χ2v) is 4.06. The monoisotopic (exact) mass is 227 g/mol. The molecule has 0 aromatic rings. The minimum absolute atomic E-state index is 0.00741. The highest BCUT2D eigenvalue weighted by molar-refractivity contribution is 5.83. The Balaban J connectivity index is 2.29. The zero-order valence-corrected chi connectivity index (χ0v) is 9.90. The Kier molecular flexibility index (Phi) is 5.29. The first-order chi connectivity index (χ1) is 7.63. The third kappa shape index (κ3) is 4.21. The van der Waals surface area contributed by atoms with Crippen molar-refractivity contribution in [2.75, 3.05) is 0 Å². The van der Waals surface area contributed by atoms with Gasteiger partial charge in [0, 0.05) is 0 Å². The second-order valence-electron chi connectivity index (χ2n) is 4.06. The molecule has 1 saturated carbocycles. The van der Waals surface area contributed by atoms with Gasteiger partial charge in [0.05, 0.1) is 6.42 Å². The summed E-state index contributed by atoms with van der Waals surface area (Å²) >= 11 is 0. The summed E-state index contributed by atoms with van der Waals surface area (Å²) < 4.78 is 10.1. The molecule has 0 N–H and O–H groups in total.